The maximum absolute atomic E-state index is 13.1. The molecule has 20 heavy (non-hydrogen) atoms. The molecule has 0 aliphatic heterocycles. The molecular formula is C15H13F2N3. The van der Waals surface area contributed by atoms with Crippen LogP contribution in [0.3, 0.4) is 0 Å². The Hall–Kier alpha value is -2.43. The van der Waals surface area contributed by atoms with Crippen molar-refractivity contribution in [3.05, 3.63) is 59.7 Å². The summed E-state index contributed by atoms with van der Waals surface area (Å²) in [6, 6.07) is 10.8. The normalized spacial score (nSPS) is 11.1. The van der Waals surface area contributed by atoms with Gasteiger partial charge in [0.2, 0.25) is 5.95 Å². The van der Waals surface area contributed by atoms with Crippen molar-refractivity contribution in [2.24, 2.45) is 0 Å². The van der Waals surface area contributed by atoms with E-state index in [0.717, 1.165) is 11.1 Å². The van der Waals surface area contributed by atoms with Crippen LogP contribution in [0.25, 0.3) is 11.0 Å². The number of anilines is 1. The number of nitrogen functional groups attached to an aromatic ring is 1. The smallest absolute Gasteiger partial charge is 0.201 e. The van der Waals surface area contributed by atoms with Crippen LogP contribution in [-0.2, 0) is 13.0 Å². The zero-order chi connectivity index (χ0) is 14.1. The molecule has 0 saturated carbocycles. The van der Waals surface area contributed by atoms with Gasteiger partial charge in [-0.15, -0.1) is 0 Å². The Balaban J connectivity index is 1.87. The third-order valence-corrected chi connectivity index (χ3v) is 3.28. The molecule has 102 valence electrons. The molecule has 0 aliphatic rings. The summed E-state index contributed by atoms with van der Waals surface area (Å²) < 4.78 is 27.8. The van der Waals surface area contributed by atoms with E-state index in [4.69, 9.17) is 5.73 Å². The highest BCUT2D eigenvalue weighted by Crippen LogP contribution is 2.19. The molecule has 1 heterocycles. The molecule has 5 heteroatoms. The number of rotatable bonds is 3. The summed E-state index contributed by atoms with van der Waals surface area (Å²) in [5.41, 5.74) is 8.21. The van der Waals surface area contributed by atoms with Gasteiger partial charge in [0.1, 0.15) is 11.6 Å². The fourth-order valence-corrected chi connectivity index (χ4v) is 2.25. The van der Waals surface area contributed by atoms with Crippen molar-refractivity contribution in [1.82, 2.24) is 9.55 Å². The molecule has 0 unspecified atom stereocenters. The van der Waals surface area contributed by atoms with E-state index in [-0.39, 0.29) is 11.6 Å². The zero-order valence-corrected chi connectivity index (χ0v) is 10.7. The number of hydrogen-bond acceptors (Lipinski definition) is 2. The van der Waals surface area contributed by atoms with Crippen molar-refractivity contribution >= 4 is 17.0 Å². The lowest BCUT2D eigenvalue weighted by Crippen LogP contribution is -2.05. The van der Waals surface area contributed by atoms with E-state index in [1.165, 1.54) is 24.3 Å². The Morgan fingerprint density at radius 3 is 2.45 bits per heavy atom. The van der Waals surface area contributed by atoms with E-state index < -0.39 is 0 Å². The predicted molar refractivity (Wildman–Crippen MR) is 74.2 cm³/mol. The fraction of sp³-hybridized carbons (Fsp3) is 0.133. The molecule has 0 fully saturated rings. The van der Waals surface area contributed by atoms with E-state index in [9.17, 15) is 8.78 Å². The Labute approximate surface area is 114 Å². The Bertz CT molecular complexity index is 748. The van der Waals surface area contributed by atoms with Crippen LogP contribution >= 0.6 is 0 Å². The van der Waals surface area contributed by atoms with Crippen LogP contribution in [0.1, 0.15) is 5.56 Å². The van der Waals surface area contributed by atoms with Gasteiger partial charge in [-0.2, -0.15) is 0 Å². The molecule has 2 aromatic carbocycles. The summed E-state index contributed by atoms with van der Waals surface area (Å²) in [6.07, 6.45) is 0.702. The lowest BCUT2D eigenvalue weighted by atomic mass is 10.1. The minimum absolute atomic E-state index is 0.253. The molecule has 0 aliphatic carbocycles. The van der Waals surface area contributed by atoms with Crippen LogP contribution < -0.4 is 5.73 Å². The van der Waals surface area contributed by atoms with Crippen molar-refractivity contribution in [2.75, 3.05) is 5.73 Å². The first-order valence-corrected chi connectivity index (χ1v) is 6.29. The van der Waals surface area contributed by atoms with Gasteiger partial charge < -0.3 is 10.3 Å². The first-order valence-electron chi connectivity index (χ1n) is 6.29. The number of aryl methyl sites for hydroxylation is 2. The Morgan fingerprint density at radius 1 is 1.00 bits per heavy atom. The van der Waals surface area contributed by atoms with Crippen molar-refractivity contribution in [1.29, 1.82) is 0 Å². The summed E-state index contributed by atoms with van der Waals surface area (Å²) in [5.74, 6) is -0.231. The highest BCUT2D eigenvalue weighted by Gasteiger charge is 2.08. The second-order valence-electron chi connectivity index (χ2n) is 4.63. The minimum Gasteiger partial charge on any atom is -0.369 e. The predicted octanol–water partition coefficient (Wildman–Crippen LogP) is 3.14. The maximum atomic E-state index is 13.1. The first-order chi connectivity index (χ1) is 9.63. The van der Waals surface area contributed by atoms with Gasteiger partial charge in [0.25, 0.3) is 0 Å². The quantitative estimate of drug-likeness (QED) is 0.796. The van der Waals surface area contributed by atoms with Crippen LogP contribution in [0.5, 0.6) is 0 Å². The summed E-state index contributed by atoms with van der Waals surface area (Å²) in [5, 5.41) is 0. The van der Waals surface area contributed by atoms with Gasteiger partial charge >= 0.3 is 0 Å². The van der Waals surface area contributed by atoms with E-state index in [1.807, 2.05) is 4.57 Å². The summed E-state index contributed by atoms with van der Waals surface area (Å²) in [4.78, 5) is 4.14. The van der Waals surface area contributed by atoms with Gasteiger partial charge in [-0.05, 0) is 36.2 Å². The average molecular weight is 273 g/mol. The minimum atomic E-state index is -0.333. The molecule has 0 amide bonds. The molecule has 0 atom stereocenters. The number of benzene rings is 2. The van der Waals surface area contributed by atoms with Gasteiger partial charge in [-0.1, -0.05) is 12.1 Å². The van der Waals surface area contributed by atoms with Crippen LogP contribution in [0.15, 0.2) is 42.5 Å². The topological polar surface area (TPSA) is 43.8 Å². The average Bonchev–Trinajstić information content (AvgIpc) is 2.73. The lowest BCUT2D eigenvalue weighted by molar-refractivity contribution is 0.626. The van der Waals surface area contributed by atoms with E-state index in [2.05, 4.69) is 4.98 Å². The molecule has 3 nitrogen and oxygen atoms in total. The molecular weight excluding hydrogens is 260 g/mol. The van der Waals surface area contributed by atoms with Gasteiger partial charge in [0.05, 0.1) is 11.0 Å². The van der Waals surface area contributed by atoms with Crippen LogP contribution in [0.2, 0.25) is 0 Å². The number of fused-ring (bicyclic) bond motifs is 1. The van der Waals surface area contributed by atoms with Gasteiger partial charge in [-0.25, -0.2) is 13.8 Å². The molecule has 0 bridgehead atoms. The number of imidazole rings is 1. The van der Waals surface area contributed by atoms with E-state index in [1.54, 1.807) is 18.2 Å². The molecule has 3 aromatic rings. The SMILES string of the molecule is Nc1nc2cc(F)ccc2n1CCc1ccc(F)cc1. The molecule has 2 N–H and O–H groups in total. The van der Waals surface area contributed by atoms with Crippen molar-refractivity contribution in [3.63, 3.8) is 0 Å². The second-order valence-corrected chi connectivity index (χ2v) is 4.63. The molecule has 1 aromatic heterocycles. The maximum Gasteiger partial charge on any atom is 0.201 e. The monoisotopic (exact) mass is 273 g/mol. The van der Waals surface area contributed by atoms with Crippen LogP contribution in [0.4, 0.5) is 14.7 Å². The summed E-state index contributed by atoms with van der Waals surface area (Å²) in [6.45, 7) is 0.611. The molecule has 0 radical (unpaired) electrons. The van der Waals surface area contributed by atoms with Crippen LogP contribution in [0, 0.1) is 11.6 Å². The standard InChI is InChI=1S/C15H13F2N3/c16-11-3-1-10(2-4-11)7-8-20-14-6-5-12(17)9-13(14)19-15(20)18/h1-6,9H,7-8H2,(H2,18,19). The van der Waals surface area contributed by atoms with Crippen molar-refractivity contribution in [3.8, 4) is 0 Å². The largest absolute Gasteiger partial charge is 0.369 e. The van der Waals surface area contributed by atoms with Gasteiger partial charge in [0.15, 0.2) is 0 Å². The Kier molecular flexibility index (Phi) is 3.10. The van der Waals surface area contributed by atoms with E-state index >= 15 is 0 Å². The summed E-state index contributed by atoms with van der Waals surface area (Å²) >= 11 is 0. The fourth-order valence-electron chi connectivity index (χ4n) is 2.25. The third-order valence-electron chi connectivity index (χ3n) is 3.28. The van der Waals surface area contributed by atoms with Gasteiger partial charge in [0, 0.05) is 12.6 Å². The number of halogens is 2. The van der Waals surface area contributed by atoms with Crippen LogP contribution in [-0.4, -0.2) is 9.55 Å². The number of hydrogen-bond donors (Lipinski definition) is 1. The van der Waals surface area contributed by atoms with Gasteiger partial charge in [-0.3, -0.25) is 0 Å². The number of nitrogens with zero attached hydrogens (tertiary/aromatic N) is 2. The molecule has 0 spiro atoms. The first kappa shape index (κ1) is 12.6. The van der Waals surface area contributed by atoms with Crippen molar-refractivity contribution < 1.29 is 8.78 Å². The van der Waals surface area contributed by atoms with E-state index in [0.29, 0.717) is 24.4 Å². The lowest BCUT2D eigenvalue weighted by Gasteiger charge is -2.06. The number of aromatic nitrogens is 2. The highest BCUT2D eigenvalue weighted by atomic mass is 19.1. The number of nitrogens with two attached hydrogens (primary N) is 1. The molecule has 0 saturated heterocycles. The summed E-state index contributed by atoms with van der Waals surface area (Å²) in [7, 11) is 0. The second kappa shape index (κ2) is 4.92. The Morgan fingerprint density at radius 2 is 1.70 bits per heavy atom. The van der Waals surface area contributed by atoms with Crippen molar-refractivity contribution in [2.45, 2.75) is 13.0 Å². The molecule has 3 rings (SSSR count). The highest BCUT2D eigenvalue weighted by molar-refractivity contribution is 5.78. The third kappa shape index (κ3) is 2.34. The zero-order valence-electron chi connectivity index (χ0n) is 10.7.